The number of hydrogen-bond donors (Lipinski definition) is 1. The van der Waals surface area contributed by atoms with E-state index in [2.05, 4.69) is 29.6 Å². The van der Waals surface area contributed by atoms with Crippen LogP contribution in [0.15, 0.2) is 30.3 Å². The van der Waals surface area contributed by atoms with Crippen LogP contribution in [-0.4, -0.2) is 35.8 Å². The molecule has 19 heavy (non-hydrogen) atoms. The number of nitrogens with zero attached hydrogens (tertiary/aromatic N) is 1. The number of carbonyl (C=O) groups excluding carboxylic acids is 1. The molecule has 1 N–H and O–H groups in total. The van der Waals surface area contributed by atoms with Crippen LogP contribution in [0.25, 0.3) is 0 Å². The molecule has 1 aromatic carbocycles. The molecule has 1 saturated heterocycles. The molecule has 1 aliphatic rings. The lowest BCUT2D eigenvalue weighted by atomic mass is 10.1. The molecule has 0 saturated carbocycles. The molecule has 2 amide bonds. The van der Waals surface area contributed by atoms with Gasteiger partial charge in [0, 0.05) is 30.1 Å². The number of thioether (sulfide) groups is 1. The van der Waals surface area contributed by atoms with Gasteiger partial charge in [-0.15, -0.1) is 0 Å². The third-order valence-electron chi connectivity index (χ3n) is 3.21. The van der Waals surface area contributed by atoms with Crippen molar-refractivity contribution in [1.82, 2.24) is 10.2 Å². The van der Waals surface area contributed by atoms with Crippen molar-refractivity contribution in [2.75, 3.05) is 18.8 Å². The molecule has 1 heterocycles. The SMILES string of the molecule is CC(C)NC(=O)N1CCS[C@@H](c2ccccc2)CC1. The van der Waals surface area contributed by atoms with Gasteiger partial charge in [0.15, 0.2) is 0 Å². The monoisotopic (exact) mass is 278 g/mol. The fourth-order valence-corrected chi connectivity index (χ4v) is 3.48. The van der Waals surface area contributed by atoms with Crippen molar-refractivity contribution in [2.45, 2.75) is 31.6 Å². The van der Waals surface area contributed by atoms with Crippen LogP contribution in [0.1, 0.15) is 31.1 Å². The summed E-state index contributed by atoms with van der Waals surface area (Å²) in [7, 11) is 0. The van der Waals surface area contributed by atoms with E-state index >= 15 is 0 Å². The molecule has 3 nitrogen and oxygen atoms in total. The predicted molar refractivity (Wildman–Crippen MR) is 81.5 cm³/mol. The van der Waals surface area contributed by atoms with E-state index in [-0.39, 0.29) is 12.1 Å². The summed E-state index contributed by atoms with van der Waals surface area (Å²) in [4.78, 5) is 14.0. The highest BCUT2D eigenvalue weighted by molar-refractivity contribution is 7.99. The molecule has 0 aliphatic carbocycles. The Morgan fingerprint density at radius 1 is 1.32 bits per heavy atom. The first-order chi connectivity index (χ1) is 9.16. The second-order valence-corrected chi connectivity index (χ2v) is 6.46. The van der Waals surface area contributed by atoms with Crippen LogP contribution in [0.4, 0.5) is 4.79 Å². The highest BCUT2D eigenvalue weighted by Crippen LogP contribution is 2.34. The zero-order valence-corrected chi connectivity index (χ0v) is 12.5. The molecule has 0 bridgehead atoms. The molecule has 104 valence electrons. The number of urea groups is 1. The largest absolute Gasteiger partial charge is 0.336 e. The summed E-state index contributed by atoms with van der Waals surface area (Å²) in [5.41, 5.74) is 1.37. The molecule has 4 heteroatoms. The lowest BCUT2D eigenvalue weighted by molar-refractivity contribution is 0.198. The lowest BCUT2D eigenvalue weighted by Crippen LogP contribution is -2.43. The molecule has 0 aromatic heterocycles. The predicted octanol–water partition coefficient (Wildman–Crippen LogP) is 3.28. The van der Waals surface area contributed by atoms with Crippen molar-refractivity contribution in [1.29, 1.82) is 0 Å². The van der Waals surface area contributed by atoms with Crippen molar-refractivity contribution in [3.8, 4) is 0 Å². The number of amides is 2. The molecule has 1 aromatic rings. The average molecular weight is 278 g/mol. The number of rotatable bonds is 2. The Morgan fingerprint density at radius 3 is 2.74 bits per heavy atom. The van der Waals surface area contributed by atoms with Crippen LogP contribution >= 0.6 is 11.8 Å². The zero-order chi connectivity index (χ0) is 13.7. The number of benzene rings is 1. The molecular weight excluding hydrogens is 256 g/mol. The summed E-state index contributed by atoms with van der Waals surface area (Å²) in [6.45, 7) is 5.67. The van der Waals surface area contributed by atoms with Gasteiger partial charge in [0.1, 0.15) is 0 Å². The van der Waals surface area contributed by atoms with Crippen LogP contribution in [0.3, 0.4) is 0 Å². The Morgan fingerprint density at radius 2 is 2.05 bits per heavy atom. The lowest BCUT2D eigenvalue weighted by Gasteiger charge is -2.22. The molecule has 0 radical (unpaired) electrons. The second kappa shape index (κ2) is 6.85. The first-order valence-corrected chi connectivity index (χ1v) is 7.93. The number of carbonyl (C=O) groups is 1. The molecular formula is C15H22N2OS. The van der Waals surface area contributed by atoms with Crippen LogP contribution in [0.5, 0.6) is 0 Å². The minimum atomic E-state index is 0.0734. The van der Waals surface area contributed by atoms with E-state index in [9.17, 15) is 4.79 Å². The molecule has 1 aliphatic heterocycles. The third-order valence-corrected chi connectivity index (χ3v) is 4.54. The van der Waals surface area contributed by atoms with Gasteiger partial charge in [-0.1, -0.05) is 30.3 Å². The first kappa shape index (κ1) is 14.3. The van der Waals surface area contributed by atoms with E-state index in [1.165, 1.54) is 5.56 Å². The van der Waals surface area contributed by atoms with Gasteiger partial charge < -0.3 is 10.2 Å². The van der Waals surface area contributed by atoms with Gasteiger partial charge in [-0.25, -0.2) is 4.79 Å². The van der Waals surface area contributed by atoms with Crippen molar-refractivity contribution in [2.24, 2.45) is 0 Å². The normalized spacial score (nSPS) is 20.2. The smallest absolute Gasteiger partial charge is 0.317 e. The summed E-state index contributed by atoms with van der Waals surface area (Å²) >= 11 is 1.96. The first-order valence-electron chi connectivity index (χ1n) is 6.89. The van der Waals surface area contributed by atoms with Gasteiger partial charge >= 0.3 is 6.03 Å². The highest BCUT2D eigenvalue weighted by Gasteiger charge is 2.21. The van der Waals surface area contributed by atoms with Crippen LogP contribution in [-0.2, 0) is 0 Å². The van der Waals surface area contributed by atoms with Gasteiger partial charge in [0.05, 0.1) is 0 Å². The van der Waals surface area contributed by atoms with E-state index in [4.69, 9.17) is 0 Å². The Bertz CT molecular complexity index is 408. The highest BCUT2D eigenvalue weighted by atomic mass is 32.2. The summed E-state index contributed by atoms with van der Waals surface area (Å²) in [5.74, 6) is 1.01. The summed E-state index contributed by atoms with van der Waals surface area (Å²) in [6, 6.07) is 10.9. The Labute approximate surface area is 119 Å². The van der Waals surface area contributed by atoms with Crippen molar-refractivity contribution in [3.05, 3.63) is 35.9 Å². The van der Waals surface area contributed by atoms with E-state index in [1.54, 1.807) is 0 Å². The quantitative estimate of drug-likeness (QED) is 0.900. The van der Waals surface area contributed by atoms with Gasteiger partial charge in [0.25, 0.3) is 0 Å². The maximum atomic E-state index is 12.0. The van der Waals surface area contributed by atoms with Gasteiger partial charge in [0.2, 0.25) is 0 Å². The van der Waals surface area contributed by atoms with Crippen LogP contribution in [0.2, 0.25) is 0 Å². The van der Waals surface area contributed by atoms with Crippen LogP contribution < -0.4 is 5.32 Å². The average Bonchev–Trinajstić information content (AvgIpc) is 2.64. The van der Waals surface area contributed by atoms with Crippen LogP contribution in [0, 0.1) is 0 Å². The molecule has 2 rings (SSSR count). The van der Waals surface area contributed by atoms with Crippen molar-refractivity contribution < 1.29 is 4.79 Å². The Balaban J connectivity index is 1.93. The fraction of sp³-hybridized carbons (Fsp3) is 0.533. The molecule has 1 fully saturated rings. The third kappa shape index (κ3) is 4.16. The van der Waals surface area contributed by atoms with Gasteiger partial charge in [-0.2, -0.15) is 11.8 Å². The van der Waals surface area contributed by atoms with E-state index in [0.29, 0.717) is 5.25 Å². The Hall–Kier alpha value is -1.16. The summed E-state index contributed by atoms with van der Waals surface area (Å²) in [5, 5.41) is 3.48. The summed E-state index contributed by atoms with van der Waals surface area (Å²) in [6.07, 6.45) is 1.03. The standard InChI is InChI=1S/C15H22N2OS/c1-12(2)16-15(18)17-9-8-14(19-11-10-17)13-6-4-3-5-7-13/h3-7,12,14H,8-11H2,1-2H3,(H,16,18)/t14-/m1/s1. The fourth-order valence-electron chi connectivity index (χ4n) is 2.25. The number of nitrogens with one attached hydrogen (secondary N) is 1. The number of hydrogen-bond acceptors (Lipinski definition) is 2. The van der Waals surface area contributed by atoms with Gasteiger partial charge in [-0.05, 0) is 25.8 Å². The molecule has 0 spiro atoms. The summed E-state index contributed by atoms with van der Waals surface area (Å²) < 4.78 is 0. The van der Waals surface area contributed by atoms with E-state index in [1.807, 2.05) is 36.6 Å². The van der Waals surface area contributed by atoms with Crippen molar-refractivity contribution in [3.63, 3.8) is 0 Å². The molecule has 1 atom stereocenters. The maximum Gasteiger partial charge on any atom is 0.317 e. The van der Waals surface area contributed by atoms with E-state index in [0.717, 1.165) is 25.3 Å². The molecule has 0 unspecified atom stereocenters. The topological polar surface area (TPSA) is 32.3 Å². The van der Waals surface area contributed by atoms with Gasteiger partial charge in [-0.3, -0.25) is 0 Å². The minimum Gasteiger partial charge on any atom is -0.336 e. The second-order valence-electron chi connectivity index (χ2n) is 5.15. The van der Waals surface area contributed by atoms with E-state index < -0.39 is 0 Å². The maximum absolute atomic E-state index is 12.0. The zero-order valence-electron chi connectivity index (χ0n) is 11.6. The Kier molecular flexibility index (Phi) is 5.14. The minimum absolute atomic E-state index is 0.0734. The van der Waals surface area contributed by atoms with Crippen molar-refractivity contribution >= 4 is 17.8 Å².